The Labute approximate surface area is 104 Å². The summed E-state index contributed by atoms with van der Waals surface area (Å²) in [5.41, 5.74) is 4.00. The molecule has 2 aromatic rings. The van der Waals surface area contributed by atoms with Crippen LogP contribution in [0.25, 0.3) is 0 Å². The highest BCUT2D eigenvalue weighted by atomic mass is 32.1. The lowest BCUT2D eigenvalue weighted by Gasteiger charge is -2.17. The molecule has 0 fully saturated rings. The van der Waals surface area contributed by atoms with Crippen LogP contribution < -0.4 is 5.32 Å². The van der Waals surface area contributed by atoms with Gasteiger partial charge in [-0.1, -0.05) is 0 Å². The second kappa shape index (κ2) is 5.03. The average Bonchev–Trinajstić information content (AvgIpc) is 2.84. The SMILES string of the molecule is Cc1csc(C(NC(C)C)c2cscn2)n1. The Morgan fingerprint density at radius 1 is 1.31 bits per heavy atom. The van der Waals surface area contributed by atoms with Gasteiger partial charge in [0, 0.05) is 22.5 Å². The first kappa shape index (κ1) is 11.7. The Balaban J connectivity index is 2.28. The standard InChI is InChI=1S/C11H15N3S2/c1-7(2)13-10(9-5-15-6-12-9)11-14-8(3)4-16-11/h4-7,10,13H,1-3H3. The van der Waals surface area contributed by atoms with E-state index < -0.39 is 0 Å². The average molecular weight is 253 g/mol. The van der Waals surface area contributed by atoms with Crippen LogP contribution >= 0.6 is 22.7 Å². The summed E-state index contributed by atoms with van der Waals surface area (Å²) in [4.78, 5) is 8.92. The van der Waals surface area contributed by atoms with E-state index in [-0.39, 0.29) is 6.04 Å². The first-order chi connectivity index (χ1) is 7.66. The van der Waals surface area contributed by atoms with Gasteiger partial charge >= 0.3 is 0 Å². The fraction of sp³-hybridized carbons (Fsp3) is 0.455. The van der Waals surface area contributed by atoms with Crippen molar-refractivity contribution in [3.8, 4) is 0 Å². The van der Waals surface area contributed by atoms with Crippen LogP contribution in [0.2, 0.25) is 0 Å². The molecule has 5 heteroatoms. The van der Waals surface area contributed by atoms with Crippen molar-refractivity contribution in [1.82, 2.24) is 15.3 Å². The molecule has 2 aromatic heterocycles. The van der Waals surface area contributed by atoms with Gasteiger partial charge in [-0.3, -0.25) is 0 Å². The normalized spacial score (nSPS) is 13.2. The third kappa shape index (κ3) is 2.66. The van der Waals surface area contributed by atoms with Crippen LogP contribution in [0.15, 0.2) is 16.3 Å². The molecule has 3 nitrogen and oxygen atoms in total. The minimum atomic E-state index is 0.130. The molecule has 86 valence electrons. The lowest BCUT2D eigenvalue weighted by atomic mass is 10.2. The number of hydrogen-bond donors (Lipinski definition) is 1. The molecule has 2 heterocycles. The van der Waals surface area contributed by atoms with E-state index in [9.17, 15) is 0 Å². The maximum Gasteiger partial charge on any atom is 0.116 e. The van der Waals surface area contributed by atoms with E-state index in [2.05, 4.69) is 39.9 Å². The number of aromatic nitrogens is 2. The second-order valence-corrected chi connectivity index (χ2v) is 5.60. The molecule has 0 amide bonds. The molecule has 1 atom stereocenters. The zero-order valence-electron chi connectivity index (χ0n) is 9.60. The topological polar surface area (TPSA) is 37.8 Å². The predicted octanol–water partition coefficient (Wildman–Crippen LogP) is 3.00. The largest absolute Gasteiger partial charge is 0.301 e. The van der Waals surface area contributed by atoms with Crippen LogP contribution in [0.1, 0.15) is 36.3 Å². The van der Waals surface area contributed by atoms with Crippen LogP contribution in [0.3, 0.4) is 0 Å². The molecule has 0 aromatic carbocycles. The fourth-order valence-corrected chi connectivity index (χ4v) is 2.93. The predicted molar refractivity (Wildman–Crippen MR) is 69.1 cm³/mol. The first-order valence-electron chi connectivity index (χ1n) is 5.23. The second-order valence-electron chi connectivity index (χ2n) is 3.99. The Morgan fingerprint density at radius 2 is 2.12 bits per heavy atom. The summed E-state index contributed by atoms with van der Waals surface area (Å²) in [5.74, 6) is 0. The van der Waals surface area contributed by atoms with Gasteiger partial charge in [0.05, 0.1) is 11.2 Å². The van der Waals surface area contributed by atoms with Crippen molar-refractivity contribution in [2.24, 2.45) is 0 Å². The highest BCUT2D eigenvalue weighted by Crippen LogP contribution is 2.25. The molecule has 0 bridgehead atoms. The van der Waals surface area contributed by atoms with Crippen LogP contribution in [0.4, 0.5) is 0 Å². The summed E-state index contributed by atoms with van der Waals surface area (Å²) >= 11 is 3.31. The summed E-state index contributed by atoms with van der Waals surface area (Å²) in [7, 11) is 0. The third-order valence-corrected chi connectivity index (χ3v) is 3.76. The fourth-order valence-electron chi connectivity index (χ4n) is 1.49. The number of thiazole rings is 2. The Morgan fingerprint density at radius 3 is 2.62 bits per heavy atom. The third-order valence-electron chi connectivity index (χ3n) is 2.13. The van der Waals surface area contributed by atoms with Crippen LogP contribution in [0.5, 0.6) is 0 Å². The number of nitrogens with one attached hydrogen (secondary N) is 1. The van der Waals surface area contributed by atoms with Gasteiger partial charge in [-0.05, 0) is 20.8 Å². The molecular formula is C11H15N3S2. The molecule has 0 saturated carbocycles. The van der Waals surface area contributed by atoms with Gasteiger partial charge in [0.25, 0.3) is 0 Å². The number of aryl methyl sites for hydroxylation is 1. The molecule has 1 unspecified atom stereocenters. The molecule has 0 aliphatic heterocycles. The molecule has 1 N–H and O–H groups in total. The quantitative estimate of drug-likeness (QED) is 0.910. The van der Waals surface area contributed by atoms with Crippen molar-refractivity contribution in [1.29, 1.82) is 0 Å². The van der Waals surface area contributed by atoms with E-state index in [0.717, 1.165) is 16.4 Å². The van der Waals surface area contributed by atoms with Gasteiger partial charge in [0.1, 0.15) is 11.0 Å². The molecule has 0 aliphatic rings. The van der Waals surface area contributed by atoms with E-state index in [1.807, 2.05) is 12.4 Å². The molecule has 16 heavy (non-hydrogen) atoms. The lowest BCUT2D eigenvalue weighted by Crippen LogP contribution is -2.29. The monoisotopic (exact) mass is 253 g/mol. The zero-order valence-corrected chi connectivity index (χ0v) is 11.2. The van der Waals surface area contributed by atoms with E-state index >= 15 is 0 Å². The van der Waals surface area contributed by atoms with Crippen LogP contribution in [0, 0.1) is 6.92 Å². The lowest BCUT2D eigenvalue weighted by molar-refractivity contribution is 0.519. The molecule has 0 radical (unpaired) electrons. The Hall–Kier alpha value is -0.780. The number of hydrogen-bond acceptors (Lipinski definition) is 5. The van der Waals surface area contributed by atoms with Gasteiger partial charge in [0.2, 0.25) is 0 Å². The van der Waals surface area contributed by atoms with Gasteiger partial charge in [-0.2, -0.15) is 0 Å². The van der Waals surface area contributed by atoms with Crippen molar-refractivity contribution >= 4 is 22.7 Å². The highest BCUT2D eigenvalue weighted by Gasteiger charge is 2.19. The summed E-state index contributed by atoms with van der Waals surface area (Å²) in [6, 6.07) is 0.542. The van der Waals surface area contributed by atoms with Crippen molar-refractivity contribution in [3.63, 3.8) is 0 Å². The molecule has 0 spiro atoms. The summed E-state index contributed by atoms with van der Waals surface area (Å²) < 4.78 is 0. The molecule has 0 saturated heterocycles. The van der Waals surface area contributed by atoms with Crippen LogP contribution in [-0.2, 0) is 0 Å². The van der Waals surface area contributed by atoms with Gasteiger partial charge in [-0.15, -0.1) is 22.7 Å². The van der Waals surface area contributed by atoms with Crippen molar-refractivity contribution in [2.45, 2.75) is 32.9 Å². The minimum Gasteiger partial charge on any atom is -0.301 e. The number of nitrogens with zero attached hydrogens (tertiary/aromatic N) is 2. The number of rotatable bonds is 4. The zero-order chi connectivity index (χ0) is 11.5. The Bertz CT molecular complexity index is 434. The first-order valence-corrected chi connectivity index (χ1v) is 7.05. The van der Waals surface area contributed by atoms with Crippen molar-refractivity contribution in [2.75, 3.05) is 0 Å². The smallest absolute Gasteiger partial charge is 0.116 e. The molecule has 2 rings (SSSR count). The maximum absolute atomic E-state index is 4.54. The van der Waals surface area contributed by atoms with Crippen molar-refractivity contribution < 1.29 is 0 Å². The van der Waals surface area contributed by atoms with Crippen molar-refractivity contribution in [3.05, 3.63) is 32.7 Å². The van der Waals surface area contributed by atoms with E-state index in [0.29, 0.717) is 6.04 Å². The molecular weight excluding hydrogens is 238 g/mol. The highest BCUT2D eigenvalue weighted by molar-refractivity contribution is 7.09. The summed E-state index contributed by atoms with van der Waals surface area (Å²) in [5, 5.41) is 8.76. The van der Waals surface area contributed by atoms with E-state index in [4.69, 9.17) is 0 Å². The summed E-state index contributed by atoms with van der Waals surface area (Å²) in [6.45, 7) is 6.30. The van der Waals surface area contributed by atoms with Gasteiger partial charge < -0.3 is 5.32 Å². The Kier molecular flexibility index (Phi) is 3.68. The van der Waals surface area contributed by atoms with E-state index in [1.54, 1.807) is 22.7 Å². The minimum absolute atomic E-state index is 0.130. The van der Waals surface area contributed by atoms with E-state index in [1.165, 1.54) is 0 Å². The van der Waals surface area contributed by atoms with Gasteiger partial charge in [-0.25, -0.2) is 9.97 Å². The molecule has 0 aliphatic carbocycles. The van der Waals surface area contributed by atoms with Gasteiger partial charge in [0.15, 0.2) is 0 Å². The van der Waals surface area contributed by atoms with Crippen LogP contribution in [-0.4, -0.2) is 16.0 Å². The summed E-state index contributed by atoms with van der Waals surface area (Å²) in [6.07, 6.45) is 0. The maximum atomic E-state index is 4.54.